The fourth-order valence-electron chi connectivity index (χ4n) is 4.11. The van der Waals surface area contributed by atoms with Gasteiger partial charge in [0.2, 0.25) is 0 Å². The summed E-state index contributed by atoms with van der Waals surface area (Å²) in [7, 11) is 0. The lowest BCUT2D eigenvalue weighted by molar-refractivity contribution is -0.288. The van der Waals surface area contributed by atoms with E-state index in [0.29, 0.717) is 15.1 Å². The quantitative estimate of drug-likeness (QED) is 0.606. The Morgan fingerprint density at radius 2 is 1.66 bits per heavy atom. The van der Waals surface area contributed by atoms with Crippen LogP contribution >= 0.6 is 15.9 Å². The van der Waals surface area contributed by atoms with Gasteiger partial charge in [0.25, 0.3) is 11.8 Å². The molecule has 29 heavy (non-hydrogen) atoms. The Kier molecular flexibility index (Phi) is 6.17. The number of hydrogen-bond acceptors (Lipinski definition) is 6. The molecule has 0 atom stereocenters. The highest BCUT2D eigenvalue weighted by Gasteiger charge is 2.42. The minimum atomic E-state index is -0.759. The topological polar surface area (TPSA) is 76.2 Å². The number of nitrogens with zero attached hydrogens (tertiary/aromatic N) is 2. The highest BCUT2D eigenvalue weighted by atomic mass is 79.9. The number of halogens is 1. The van der Waals surface area contributed by atoms with E-state index in [-0.39, 0.29) is 36.1 Å². The maximum atomic E-state index is 12.7. The van der Waals surface area contributed by atoms with E-state index >= 15 is 0 Å². The van der Waals surface area contributed by atoms with Crippen molar-refractivity contribution in [2.24, 2.45) is 0 Å². The molecule has 2 fully saturated rings. The predicted molar refractivity (Wildman–Crippen MR) is 109 cm³/mol. The van der Waals surface area contributed by atoms with Crippen molar-refractivity contribution in [1.82, 2.24) is 10.1 Å². The Morgan fingerprint density at radius 1 is 1.07 bits per heavy atom. The molecule has 2 aliphatic heterocycles. The molecule has 0 unspecified atom stereocenters. The maximum Gasteiger partial charge on any atom is 0.364 e. The van der Waals surface area contributed by atoms with Crippen molar-refractivity contribution < 1.29 is 24.1 Å². The third kappa shape index (κ3) is 4.70. The number of hydrogen-bond donors (Lipinski definition) is 0. The van der Waals surface area contributed by atoms with Crippen molar-refractivity contribution in [2.75, 3.05) is 0 Å². The molecule has 0 saturated carbocycles. The monoisotopic (exact) mass is 466 g/mol. The van der Waals surface area contributed by atoms with Crippen molar-refractivity contribution in [3.63, 3.8) is 0 Å². The third-order valence-corrected chi connectivity index (χ3v) is 5.99. The number of amides is 2. The van der Waals surface area contributed by atoms with Gasteiger partial charge in [-0.1, -0.05) is 22.0 Å². The number of hydroxylamine groups is 4. The molecule has 0 bridgehead atoms. The normalized spacial score (nSPS) is 21.5. The molecular weight excluding hydrogens is 440 g/mol. The summed E-state index contributed by atoms with van der Waals surface area (Å²) in [4.78, 5) is 47.5. The molecule has 0 aliphatic carbocycles. The van der Waals surface area contributed by atoms with E-state index < -0.39 is 17.8 Å². The van der Waals surface area contributed by atoms with Gasteiger partial charge in [-0.2, -0.15) is 5.06 Å². The van der Waals surface area contributed by atoms with Crippen LogP contribution in [0, 0.1) is 0 Å². The van der Waals surface area contributed by atoms with E-state index in [1.807, 2.05) is 11.1 Å². The van der Waals surface area contributed by atoms with Gasteiger partial charge in [0.15, 0.2) is 0 Å². The fraction of sp³-hybridized carbons (Fsp3) is 0.571. The Morgan fingerprint density at radius 3 is 2.24 bits per heavy atom. The minimum Gasteiger partial charge on any atom is -0.325 e. The molecule has 158 valence electrons. The van der Waals surface area contributed by atoms with Crippen LogP contribution in [0.15, 0.2) is 22.7 Å². The van der Waals surface area contributed by atoms with E-state index in [0.717, 1.165) is 19.3 Å². The molecule has 1 aromatic rings. The largest absolute Gasteiger partial charge is 0.364 e. The summed E-state index contributed by atoms with van der Waals surface area (Å²) < 4.78 is 0.686. The second-order valence-electron chi connectivity index (χ2n) is 8.81. The summed E-state index contributed by atoms with van der Waals surface area (Å²) in [5, 5.41) is 2.58. The average molecular weight is 467 g/mol. The zero-order valence-electron chi connectivity index (χ0n) is 17.3. The van der Waals surface area contributed by atoms with Gasteiger partial charge in [0.1, 0.15) is 0 Å². The van der Waals surface area contributed by atoms with Crippen LogP contribution in [0.2, 0.25) is 0 Å². The second-order valence-corrected chi connectivity index (χ2v) is 9.72. The summed E-state index contributed by atoms with van der Waals surface area (Å²) in [5.41, 5.74) is 0.604. The molecular formula is C21H27BrN2O5. The lowest BCUT2D eigenvalue weighted by atomic mass is 9.82. The molecule has 2 heterocycles. The number of carbonyl (C=O) groups is 3. The predicted octanol–water partition coefficient (Wildman–Crippen LogP) is 4.14. The number of carbonyl (C=O) groups excluding carboxylic acids is 3. The van der Waals surface area contributed by atoms with Gasteiger partial charge in [-0.05, 0) is 64.7 Å². The molecule has 2 amide bonds. The molecule has 2 saturated heterocycles. The van der Waals surface area contributed by atoms with E-state index in [4.69, 9.17) is 9.68 Å². The van der Waals surface area contributed by atoms with Crippen LogP contribution in [-0.2, 0) is 25.9 Å². The first-order valence-corrected chi connectivity index (χ1v) is 10.6. The maximum absolute atomic E-state index is 12.7. The van der Waals surface area contributed by atoms with Crippen molar-refractivity contribution in [2.45, 2.75) is 77.5 Å². The Balaban J connectivity index is 1.79. The van der Waals surface area contributed by atoms with Gasteiger partial charge >= 0.3 is 5.97 Å². The molecule has 7 nitrogen and oxygen atoms in total. The Hall–Kier alpha value is -1.77. The third-order valence-electron chi connectivity index (χ3n) is 5.50. The summed E-state index contributed by atoms with van der Waals surface area (Å²) in [6, 6.07) is 5.20. The summed E-state index contributed by atoms with van der Waals surface area (Å²) >= 11 is 3.36. The van der Waals surface area contributed by atoms with Crippen LogP contribution in [0.5, 0.6) is 0 Å². The number of piperidine rings is 1. The smallest absolute Gasteiger partial charge is 0.325 e. The zero-order valence-corrected chi connectivity index (χ0v) is 18.9. The Labute approximate surface area is 179 Å². The van der Waals surface area contributed by atoms with E-state index in [1.165, 1.54) is 0 Å². The van der Waals surface area contributed by atoms with Crippen LogP contribution in [-0.4, -0.2) is 39.0 Å². The first-order chi connectivity index (χ1) is 13.5. The summed E-state index contributed by atoms with van der Waals surface area (Å²) in [6.45, 7) is 8.77. The minimum absolute atomic E-state index is 0.0552. The van der Waals surface area contributed by atoms with Gasteiger partial charge in [-0.3, -0.25) is 14.4 Å². The van der Waals surface area contributed by atoms with Crippen LogP contribution in [0.3, 0.4) is 0 Å². The molecule has 1 aromatic carbocycles. The summed E-state index contributed by atoms with van der Waals surface area (Å²) in [6.07, 6.45) is 3.28. The number of benzene rings is 1. The lowest BCUT2D eigenvalue weighted by Crippen LogP contribution is -2.58. The zero-order chi connectivity index (χ0) is 21.4. The second kappa shape index (κ2) is 8.16. The van der Waals surface area contributed by atoms with Crippen LogP contribution < -0.4 is 0 Å². The van der Waals surface area contributed by atoms with Crippen molar-refractivity contribution >= 4 is 33.7 Å². The van der Waals surface area contributed by atoms with Gasteiger partial charge < -0.3 is 4.84 Å². The standard InChI is InChI=1S/C21H27BrN2O5/c1-20(2)10-5-11-21(3,4)24(20)28-13-14-6-7-15(22)12-16(14)19(27)29-23-17(25)8-9-18(23)26/h6-7,12H,5,8-11,13H2,1-4H3. The van der Waals surface area contributed by atoms with E-state index in [2.05, 4.69) is 43.6 Å². The fourth-order valence-corrected chi connectivity index (χ4v) is 4.48. The number of imide groups is 1. The van der Waals surface area contributed by atoms with Crippen LogP contribution in [0.25, 0.3) is 0 Å². The van der Waals surface area contributed by atoms with E-state index in [9.17, 15) is 14.4 Å². The molecule has 8 heteroatoms. The lowest BCUT2D eigenvalue weighted by Gasteiger charge is -2.51. The summed E-state index contributed by atoms with van der Waals surface area (Å²) in [5.74, 6) is -1.77. The number of rotatable bonds is 5. The van der Waals surface area contributed by atoms with Crippen LogP contribution in [0.4, 0.5) is 0 Å². The molecule has 0 radical (unpaired) electrons. The van der Waals surface area contributed by atoms with E-state index in [1.54, 1.807) is 12.1 Å². The van der Waals surface area contributed by atoms with Gasteiger partial charge in [-0.25, -0.2) is 4.79 Å². The molecule has 3 rings (SSSR count). The van der Waals surface area contributed by atoms with Crippen molar-refractivity contribution in [3.8, 4) is 0 Å². The van der Waals surface area contributed by atoms with Crippen LogP contribution in [0.1, 0.15) is 75.7 Å². The molecule has 2 aliphatic rings. The first kappa shape index (κ1) is 21.9. The average Bonchev–Trinajstić information content (AvgIpc) is 2.93. The molecule has 0 N–H and O–H groups in total. The van der Waals surface area contributed by atoms with Crippen molar-refractivity contribution in [3.05, 3.63) is 33.8 Å². The Bertz CT molecular complexity index is 804. The van der Waals surface area contributed by atoms with Gasteiger partial charge in [0, 0.05) is 28.4 Å². The van der Waals surface area contributed by atoms with Crippen molar-refractivity contribution in [1.29, 1.82) is 0 Å². The SMILES string of the molecule is CC1(C)CCCC(C)(C)N1OCc1ccc(Br)cc1C(=O)ON1C(=O)CCC1=O. The van der Waals surface area contributed by atoms with Gasteiger partial charge in [0.05, 0.1) is 12.2 Å². The highest BCUT2D eigenvalue weighted by molar-refractivity contribution is 9.10. The first-order valence-electron chi connectivity index (χ1n) is 9.81. The highest BCUT2D eigenvalue weighted by Crippen LogP contribution is 2.38. The molecule has 0 aromatic heterocycles. The molecule has 0 spiro atoms. The van der Waals surface area contributed by atoms with Gasteiger partial charge in [-0.15, -0.1) is 5.06 Å².